The summed E-state index contributed by atoms with van der Waals surface area (Å²) in [4.78, 5) is 6.46. The third kappa shape index (κ3) is 7.34. The summed E-state index contributed by atoms with van der Waals surface area (Å²) in [7, 11) is 5.97. The summed E-state index contributed by atoms with van der Waals surface area (Å²) in [6.07, 6.45) is 0. The van der Waals surface area contributed by atoms with E-state index < -0.39 is 0 Å². The molecule has 2 N–H and O–H groups in total. The second kappa shape index (κ2) is 8.25. The van der Waals surface area contributed by atoms with Crippen LogP contribution in [0.5, 0.6) is 0 Å². The molecule has 0 saturated heterocycles. The number of nitrogens with one attached hydrogen (secondary N) is 2. The lowest BCUT2D eigenvalue weighted by Crippen LogP contribution is -2.44. The van der Waals surface area contributed by atoms with Gasteiger partial charge < -0.3 is 15.5 Å². The molecule has 0 radical (unpaired) electrons. The minimum atomic E-state index is 0.182. The summed E-state index contributed by atoms with van der Waals surface area (Å²) < 4.78 is 0. The minimum absolute atomic E-state index is 0.182. The van der Waals surface area contributed by atoms with Crippen molar-refractivity contribution in [3.05, 3.63) is 34.9 Å². The molecular weight excluding hydrogens is 284 g/mol. The zero-order valence-electron chi connectivity index (χ0n) is 13.7. The molecule has 21 heavy (non-hydrogen) atoms. The molecule has 0 aliphatic rings. The lowest BCUT2D eigenvalue weighted by atomic mass is 9.93. The van der Waals surface area contributed by atoms with Gasteiger partial charge in [0.2, 0.25) is 0 Å². The van der Waals surface area contributed by atoms with Gasteiger partial charge in [-0.1, -0.05) is 37.6 Å². The zero-order chi connectivity index (χ0) is 15.9. The number of benzene rings is 1. The first-order valence-corrected chi connectivity index (χ1v) is 7.54. The molecule has 1 aromatic rings. The Kier molecular flexibility index (Phi) is 6.99. The Morgan fingerprint density at radius 3 is 2.33 bits per heavy atom. The summed E-state index contributed by atoms with van der Waals surface area (Å²) >= 11 is 5.88. The van der Waals surface area contributed by atoms with Crippen LogP contribution < -0.4 is 10.6 Å². The van der Waals surface area contributed by atoms with E-state index in [2.05, 4.69) is 48.5 Å². The molecule has 0 aliphatic carbocycles. The van der Waals surface area contributed by atoms with Crippen molar-refractivity contribution in [2.75, 3.05) is 34.2 Å². The number of aliphatic imine (C=N–C) groups is 1. The maximum absolute atomic E-state index is 5.88. The first-order chi connectivity index (χ1) is 9.82. The van der Waals surface area contributed by atoms with Crippen molar-refractivity contribution in [1.29, 1.82) is 0 Å². The lowest BCUT2D eigenvalue weighted by Gasteiger charge is -2.29. The van der Waals surface area contributed by atoms with Gasteiger partial charge in [-0.25, -0.2) is 0 Å². The quantitative estimate of drug-likeness (QED) is 0.627. The van der Waals surface area contributed by atoms with Gasteiger partial charge in [0.25, 0.3) is 0 Å². The van der Waals surface area contributed by atoms with Crippen molar-refractivity contribution < 1.29 is 0 Å². The number of hydrogen-bond donors (Lipinski definition) is 2. The summed E-state index contributed by atoms with van der Waals surface area (Å²) in [5.74, 6) is 0.816. The van der Waals surface area contributed by atoms with Crippen LogP contribution in [-0.2, 0) is 6.54 Å². The second-order valence-corrected chi connectivity index (χ2v) is 6.74. The third-order valence-corrected chi connectivity index (χ3v) is 3.33. The van der Waals surface area contributed by atoms with Crippen LogP contribution >= 0.6 is 11.6 Å². The van der Waals surface area contributed by atoms with Crippen molar-refractivity contribution in [3.63, 3.8) is 0 Å². The van der Waals surface area contributed by atoms with E-state index in [0.717, 1.165) is 30.6 Å². The van der Waals surface area contributed by atoms with Crippen LogP contribution in [0.2, 0.25) is 5.02 Å². The van der Waals surface area contributed by atoms with Gasteiger partial charge in [0.1, 0.15) is 0 Å². The minimum Gasteiger partial charge on any atom is -0.356 e. The molecule has 0 bridgehead atoms. The van der Waals surface area contributed by atoms with Crippen LogP contribution in [0.25, 0.3) is 0 Å². The smallest absolute Gasteiger partial charge is 0.191 e. The monoisotopic (exact) mass is 310 g/mol. The normalized spacial score (nSPS) is 12.6. The SMILES string of the molecule is CN=C(NCc1ccc(Cl)cc1)NCC(C)(C)CN(C)C. The number of halogens is 1. The molecule has 0 fully saturated rings. The van der Waals surface area contributed by atoms with Crippen molar-refractivity contribution in [1.82, 2.24) is 15.5 Å². The maximum Gasteiger partial charge on any atom is 0.191 e. The average Bonchev–Trinajstić information content (AvgIpc) is 2.39. The summed E-state index contributed by atoms with van der Waals surface area (Å²) in [6.45, 7) is 7.10. The molecule has 0 unspecified atom stereocenters. The number of nitrogens with zero attached hydrogens (tertiary/aromatic N) is 2. The van der Waals surface area contributed by atoms with Crippen LogP contribution in [0.3, 0.4) is 0 Å². The molecule has 1 rings (SSSR count). The molecule has 0 spiro atoms. The molecule has 0 aliphatic heterocycles. The fraction of sp³-hybridized carbons (Fsp3) is 0.562. The van der Waals surface area contributed by atoms with Crippen LogP contribution in [0, 0.1) is 5.41 Å². The first-order valence-electron chi connectivity index (χ1n) is 7.16. The van der Waals surface area contributed by atoms with Gasteiger partial charge >= 0.3 is 0 Å². The van der Waals surface area contributed by atoms with Gasteiger partial charge in [0, 0.05) is 31.7 Å². The number of hydrogen-bond acceptors (Lipinski definition) is 2. The van der Waals surface area contributed by atoms with E-state index in [1.54, 1.807) is 7.05 Å². The number of guanidine groups is 1. The Hall–Kier alpha value is -1.26. The summed E-state index contributed by atoms with van der Waals surface area (Å²) in [6, 6.07) is 7.82. The van der Waals surface area contributed by atoms with Gasteiger partial charge in [-0.2, -0.15) is 0 Å². The van der Waals surface area contributed by atoms with Crippen molar-refractivity contribution in [2.24, 2.45) is 10.4 Å². The molecule has 4 nitrogen and oxygen atoms in total. The second-order valence-electron chi connectivity index (χ2n) is 6.31. The van der Waals surface area contributed by atoms with Crippen molar-refractivity contribution in [3.8, 4) is 0 Å². The van der Waals surface area contributed by atoms with Crippen LogP contribution in [-0.4, -0.2) is 45.1 Å². The van der Waals surface area contributed by atoms with E-state index in [1.165, 1.54) is 5.56 Å². The Balaban J connectivity index is 2.44. The van der Waals surface area contributed by atoms with E-state index in [4.69, 9.17) is 11.6 Å². The molecule has 0 aromatic heterocycles. The standard InChI is InChI=1S/C16H27ClN4/c1-16(2,12-21(4)5)11-20-15(18-3)19-10-13-6-8-14(17)9-7-13/h6-9H,10-12H2,1-5H3,(H2,18,19,20). The van der Waals surface area contributed by atoms with Crippen LogP contribution in [0.1, 0.15) is 19.4 Å². The van der Waals surface area contributed by atoms with Crippen LogP contribution in [0.4, 0.5) is 0 Å². The molecule has 1 aromatic carbocycles. The van der Waals surface area contributed by atoms with Gasteiger partial charge in [0.15, 0.2) is 5.96 Å². The summed E-state index contributed by atoms with van der Waals surface area (Å²) in [5, 5.41) is 7.45. The predicted octanol–water partition coefficient (Wildman–Crippen LogP) is 2.59. The topological polar surface area (TPSA) is 39.7 Å². The molecule has 5 heteroatoms. The first kappa shape index (κ1) is 17.8. The van der Waals surface area contributed by atoms with Crippen molar-refractivity contribution >= 4 is 17.6 Å². The Bertz CT molecular complexity index is 452. The van der Waals surface area contributed by atoms with E-state index in [0.29, 0.717) is 0 Å². The molecule has 118 valence electrons. The average molecular weight is 311 g/mol. The molecule has 0 amide bonds. The zero-order valence-corrected chi connectivity index (χ0v) is 14.5. The fourth-order valence-electron chi connectivity index (χ4n) is 2.24. The van der Waals surface area contributed by atoms with E-state index in [1.807, 2.05) is 24.3 Å². The van der Waals surface area contributed by atoms with Gasteiger partial charge in [-0.15, -0.1) is 0 Å². The highest BCUT2D eigenvalue weighted by atomic mass is 35.5. The largest absolute Gasteiger partial charge is 0.356 e. The highest BCUT2D eigenvalue weighted by Crippen LogP contribution is 2.14. The molecular formula is C16H27ClN4. The van der Waals surface area contributed by atoms with Gasteiger partial charge in [-0.3, -0.25) is 4.99 Å². The third-order valence-electron chi connectivity index (χ3n) is 3.08. The van der Waals surface area contributed by atoms with Crippen molar-refractivity contribution in [2.45, 2.75) is 20.4 Å². The fourth-order valence-corrected chi connectivity index (χ4v) is 2.37. The maximum atomic E-state index is 5.88. The summed E-state index contributed by atoms with van der Waals surface area (Å²) in [5.41, 5.74) is 1.36. The Labute approximate surface area is 133 Å². The van der Waals surface area contributed by atoms with E-state index >= 15 is 0 Å². The van der Waals surface area contributed by atoms with Gasteiger partial charge in [0.05, 0.1) is 0 Å². The van der Waals surface area contributed by atoms with Gasteiger partial charge in [-0.05, 0) is 37.2 Å². The van der Waals surface area contributed by atoms with Crippen LogP contribution in [0.15, 0.2) is 29.3 Å². The van der Waals surface area contributed by atoms with E-state index in [-0.39, 0.29) is 5.41 Å². The lowest BCUT2D eigenvalue weighted by molar-refractivity contribution is 0.241. The Morgan fingerprint density at radius 2 is 1.81 bits per heavy atom. The molecule has 0 atom stereocenters. The number of rotatable bonds is 6. The molecule has 0 saturated carbocycles. The van der Waals surface area contributed by atoms with E-state index in [9.17, 15) is 0 Å². The Morgan fingerprint density at radius 1 is 1.19 bits per heavy atom. The predicted molar refractivity (Wildman–Crippen MR) is 92.0 cm³/mol. The highest BCUT2D eigenvalue weighted by Gasteiger charge is 2.19. The molecule has 0 heterocycles. The highest BCUT2D eigenvalue weighted by molar-refractivity contribution is 6.30.